The second-order valence-electron chi connectivity index (χ2n) is 8.46. The van der Waals surface area contributed by atoms with Crippen LogP contribution in [0.25, 0.3) is 5.57 Å². The molecular weight excluding hydrogens is 366 g/mol. The number of rotatable bonds is 2. The van der Waals surface area contributed by atoms with E-state index >= 15 is 0 Å². The first-order valence-electron chi connectivity index (χ1n) is 10.1. The van der Waals surface area contributed by atoms with E-state index in [1.807, 2.05) is 26.0 Å². The minimum atomic E-state index is -1.01. The number of ketones is 1. The van der Waals surface area contributed by atoms with Gasteiger partial charge in [-0.15, -0.1) is 5.92 Å². The number of benzene rings is 1. The van der Waals surface area contributed by atoms with Gasteiger partial charge in [0.1, 0.15) is 11.9 Å². The minimum Gasteiger partial charge on any atom is -0.512 e. The number of hydrogen-bond acceptors (Lipinski definition) is 4. The summed E-state index contributed by atoms with van der Waals surface area (Å²) < 4.78 is 0. The number of carbonyl (C=O) groups is 2. The molecule has 1 saturated heterocycles. The van der Waals surface area contributed by atoms with Crippen molar-refractivity contribution in [3.63, 3.8) is 0 Å². The summed E-state index contributed by atoms with van der Waals surface area (Å²) in [7, 11) is 0. The van der Waals surface area contributed by atoms with Crippen LogP contribution in [0.4, 0.5) is 0 Å². The molecule has 1 amide bonds. The van der Waals surface area contributed by atoms with E-state index in [-0.39, 0.29) is 22.9 Å². The smallest absolute Gasteiger partial charge is 0.251 e. The fraction of sp³-hybridized carbons (Fsp3) is 0.500. The summed E-state index contributed by atoms with van der Waals surface area (Å²) in [6.45, 7) is 8.16. The van der Waals surface area contributed by atoms with Crippen molar-refractivity contribution in [3.05, 3.63) is 40.1 Å². The molecule has 0 bridgehead atoms. The van der Waals surface area contributed by atoms with Gasteiger partial charge in [-0.2, -0.15) is 0 Å². The highest BCUT2D eigenvalue weighted by Gasteiger charge is 2.43. The third-order valence-electron chi connectivity index (χ3n) is 6.19. The van der Waals surface area contributed by atoms with Gasteiger partial charge in [0.15, 0.2) is 5.78 Å². The van der Waals surface area contributed by atoms with Crippen LogP contribution in [0.15, 0.2) is 17.9 Å². The van der Waals surface area contributed by atoms with Gasteiger partial charge in [0.25, 0.3) is 5.91 Å². The molecule has 154 valence electrons. The van der Waals surface area contributed by atoms with Gasteiger partial charge in [0, 0.05) is 31.5 Å². The van der Waals surface area contributed by atoms with E-state index in [2.05, 4.69) is 11.8 Å². The zero-order chi connectivity index (χ0) is 21.3. The zero-order valence-corrected chi connectivity index (χ0v) is 17.6. The van der Waals surface area contributed by atoms with E-state index in [4.69, 9.17) is 0 Å². The predicted octanol–water partition coefficient (Wildman–Crippen LogP) is 3.30. The number of aliphatic hydroxyl groups excluding tert-OH is 2. The number of hydrogen-bond donors (Lipinski definition) is 2. The van der Waals surface area contributed by atoms with Gasteiger partial charge in [0.05, 0.1) is 5.57 Å². The Morgan fingerprint density at radius 2 is 1.76 bits per heavy atom. The molecule has 5 nitrogen and oxygen atoms in total. The highest BCUT2D eigenvalue weighted by atomic mass is 16.3. The highest BCUT2D eigenvalue weighted by molar-refractivity contribution is 6.23. The predicted molar refractivity (Wildman–Crippen MR) is 112 cm³/mol. The van der Waals surface area contributed by atoms with E-state index in [1.165, 1.54) is 6.92 Å². The standard InChI is InChI=1S/C24H29NO4/c1-5-6-18-11-15(2)21(16(3)12-18)22-19(27)13-24(14-20(22)28)7-9-25(10-8-24)23(29)17(4)26/h11-12,17,26-27H,7-10,13-14H2,1-4H3. The number of carbonyl (C=O) groups excluding carboxylic acids is 2. The van der Waals surface area contributed by atoms with Gasteiger partial charge in [-0.05, 0) is 74.8 Å². The Morgan fingerprint density at radius 1 is 1.17 bits per heavy atom. The van der Waals surface area contributed by atoms with E-state index < -0.39 is 6.10 Å². The van der Waals surface area contributed by atoms with Crippen LogP contribution in [0.1, 0.15) is 61.8 Å². The van der Waals surface area contributed by atoms with E-state index in [0.29, 0.717) is 44.3 Å². The molecule has 1 heterocycles. The number of aryl methyl sites for hydroxylation is 2. The first-order valence-corrected chi connectivity index (χ1v) is 10.1. The van der Waals surface area contributed by atoms with Crippen molar-refractivity contribution in [2.45, 2.75) is 59.5 Å². The average molecular weight is 395 g/mol. The van der Waals surface area contributed by atoms with Crippen molar-refractivity contribution < 1.29 is 19.8 Å². The normalized spacial score (nSPS) is 19.8. The molecule has 1 fully saturated rings. The summed E-state index contributed by atoms with van der Waals surface area (Å²) in [4.78, 5) is 26.8. The zero-order valence-electron chi connectivity index (χ0n) is 17.6. The molecule has 1 aliphatic heterocycles. The molecule has 0 saturated carbocycles. The van der Waals surface area contributed by atoms with Crippen LogP contribution in [-0.4, -0.2) is 46.0 Å². The lowest BCUT2D eigenvalue weighted by atomic mass is 9.66. The van der Waals surface area contributed by atoms with Gasteiger partial charge in [0.2, 0.25) is 0 Å². The second-order valence-corrected chi connectivity index (χ2v) is 8.46. The first-order chi connectivity index (χ1) is 13.7. The van der Waals surface area contributed by atoms with Crippen molar-refractivity contribution in [2.24, 2.45) is 5.41 Å². The lowest BCUT2D eigenvalue weighted by molar-refractivity contribution is -0.142. The highest BCUT2D eigenvalue weighted by Crippen LogP contribution is 2.47. The van der Waals surface area contributed by atoms with Crippen LogP contribution in [-0.2, 0) is 9.59 Å². The molecule has 1 aliphatic carbocycles. The van der Waals surface area contributed by atoms with E-state index in [0.717, 1.165) is 22.3 Å². The van der Waals surface area contributed by atoms with Crippen LogP contribution < -0.4 is 0 Å². The summed E-state index contributed by atoms with van der Waals surface area (Å²) in [5.41, 5.74) is 3.71. The van der Waals surface area contributed by atoms with E-state index in [1.54, 1.807) is 11.8 Å². The van der Waals surface area contributed by atoms with Gasteiger partial charge in [-0.3, -0.25) is 9.59 Å². The molecule has 1 aromatic carbocycles. The molecular formula is C24H29NO4. The molecule has 2 N–H and O–H groups in total. The molecule has 0 aromatic heterocycles. The van der Waals surface area contributed by atoms with E-state index in [9.17, 15) is 19.8 Å². The maximum Gasteiger partial charge on any atom is 0.251 e. The Bertz CT molecular complexity index is 914. The van der Waals surface area contributed by atoms with Crippen LogP contribution in [0.3, 0.4) is 0 Å². The maximum absolute atomic E-state index is 13.2. The van der Waals surface area contributed by atoms with Crippen LogP contribution in [0, 0.1) is 31.1 Å². The Labute approximate surface area is 172 Å². The number of amides is 1. The molecule has 1 aromatic rings. The van der Waals surface area contributed by atoms with Crippen molar-refractivity contribution in [3.8, 4) is 11.8 Å². The quantitative estimate of drug-likeness (QED) is 0.754. The number of likely N-dealkylation sites (tertiary alicyclic amines) is 1. The third kappa shape index (κ3) is 4.09. The van der Waals surface area contributed by atoms with Crippen LogP contribution >= 0.6 is 0 Å². The fourth-order valence-electron chi connectivity index (χ4n) is 4.77. The average Bonchev–Trinajstić information content (AvgIpc) is 2.63. The van der Waals surface area contributed by atoms with Gasteiger partial charge < -0.3 is 15.1 Å². The number of Topliss-reactive ketones (excluding diaryl/α,β-unsaturated/α-hetero) is 1. The van der Waals surface area contributed by atoms with Crippen molar-refractivity contribution in [1.29, 1.82) is 0 Å². The molecule has 1 unspecified atom stereocenters. The lowest BCUT2D eigenvalue weighted by Crippen LogP contribution is -2.47. The topological polar surface area (TPSA) is 77.8 Å². The molecule has 2 aliphatic rings. The first kappa shape index (κ1) is 21.1. The SMILES string of the molecule is CC#Cc1cc(C)c(C2=C(O)CC3(CCN(C(=O)C(C)O)CC3)CC2=O)c(C)c1. The molecule has 1 spiro atoms. The van der Waals surface area contributed by atoms with Crippen molar-refractivity contribution >= 4 is 17.3 Å². The van der Waals surface area contributed by atoms with Gasteiger partial charge in [-0.25, -0.2) is 0 Å². The molecule has 5 heteroatoms. The largest absolute Gasteiger partial charge is 0.512 e. The Morgan fingerprint density at radius 3 is 2.24 bits per heavy atom. The second kappa shape index (κ2) is 8.04. The molecule has 29 heavy (non-hydrogen) atoms. The number of aliphatic hydroxyl groups is 2. The fourth-order valence-corrected chi connectivity index (χ4v) is 4.77. The minimum absolute atomic E-state index is 0.0374. The van der Waals surface area contributed by atoms with Gasteiger partial charge >= 0.3 is 0 Å². The van der Waals surface area contributed by atoms with Crippen LogP contribution in [0.5, 0.6) is 0 Å². The number of nitrogens with zero attached hydrogens (tertiary/aromatic N) is 1. The Balaban J connectivity index is 1.88. The summed E-state index contributed by atoms with van der Waals surface area (Å²) in [6.07, 6.45) is 1.11. The number of allylic oxidation sites excluding steroid dienone is 2. The Kier molecular flexibility index (Phi) is 5.86. The summed E-state index contributed by atoms with van der Waals surface area (Å²) >= 11 is 0. The summed E-state index contributed by atoms with van der Waals surface area (Å²) in [6, 6.07) is 3.91. The number of piperidine rings is 1. The third-order valence-corrected chi connectivity index (χ3v) is 6.19. The maximum atomic E-state index is 13.2. The lowest BCUT2D eigenvalue weighted by Gasteiger charge is -2.44. The monoisotopic (exact) mass is 395 g/mol. The Hall–Kier alpha value is -2.58. The molecule has 0 radical (unpaired) electrons. The summed E-state index contributed by atoms with van der Waals surface area (Å²) in [5, 5.41) is 20.4. The van der Waals surface area contributed by atoms with Crippen LogP contribution in [0.2, 0.25) is 0 Å². The van der Waals surface area contributed by atoms with Crippen molar-refractivity contribution in [2.75, 3.05) is 13.1 Å². The summed E-state index contributed by atoms with van der Waals surface area (Å²) in [5.74, 6) is 5.77. The molecule has 3 rings (SSSR count). The molecule has 1 atom stereocenters. The van der Waals surface area contributed by atoms with Crippen molar-refractivity contribution in [1.82, 2.24) is 4.90 Å². The van der Waals surface area contributed by atoms with Gasteiger partial charge in [-0.1, -0.05) is 5.92 Å².